The van der Waals surface area contributed by atoms with Crippen molar-refractivity contribution >= 4 is 5.82 Å². The summed E-state index contributed by atoms with van der Waals surface area (Å²) >= 11 is 0. The lowest BCUT2D eigenvalue weighted by atomic mass is 10.1. The molecule has 0 bridgehead atoms. The van der Waals surface area contributed by atoms with Gasteiger partial charge in [-0.2, -0.15) is 0 Å². The molecule has 3 nitrogen and oxygen atoms in total. The van der Waals surface area contributed by atoms with Crippen LogP contribution in [0, 0.1) is 11.7 Å². The molecule has 0 aliphatic carbocycles. The summed E-state index contributed by atoms with van der Waals surface area (Å²) in [6, 6.07) is 3.02. The number of anilines is 1. The van der Waals surface area contributed by atoms with E-state index < -0.39 is 0 Å². The molecule has 0 saturated carbocycles. The van der Waals surface area contributed by atoms with E-state index in [1.165, 1.54) is 12.5 Å². The van der Waals surface area contributed by atoms with E-state index in [9.17, 15) is 4.39 Å². The average molecular weight is 209 g/mol. The van der Waals surface area contributed by atoms with Gasteiger partial charge in [0.1, 0.15) is 0 Å². The highest BCUT2D eigenvalue weighted by Gasteiger charge is 2.13. The van der Waals surface area contributed by atoms with Crippen LogP contribution in [0.3, 0.4) is 0 Å². The van der Waals surface area contributed by atoms with Crippen LogP contribution < -0.4 is 10.6 Å². The maximum Gasteiger partial charge on any atom is 0.165 e. The molecule has 1 aliphatic rings. The number of halogens is 1. The molecule has 0 aromatic carbocycles. The Bertz CT molecular complexity index is 310. The van der Waals surface area contributed by atoms with Crippen LogP contribution in [0.5, 0.6) is 0 Å². The summed E-state index contributed by atoms with van der Waals surface area (Å²) < 4.78 is 13.2. The summed E-state index contributed by atoms with van der Waals surface area (Å²) in [5.41, 5.74) is 0. The topological polar surface area (TPSA) is 37.0 Å². The lowest BCUT2D eigenvalue weighted by Crippen LogP contribution is -2.13. The SMILES string of the molecule is Fc1cccnc1NCCC1CCNC1. The first kappa shape index (κ1) is 10.4. The van der Waals surface area contributed by atoms with Crippen molar-refractivity contribution in [3.63, 3.8) is 0 Å². The van der Waals surface area contributed by atoms with Crippen LogP contribution in [-0.4, -0.2) is 24.6 Å². The normalized spacial score (nSPS) is 20.5. The van der Waals surface area contributed by atoms with Gasteiger partial charge in [0.2, 0.25) is 0 Å². The maximum absolute atomic E-state index is 13.2. The van der Waals surface area contributed by atoms with Crippen LogP contribution in [-0.2, 0) is 0 Å². The first-order valence-corrected chi connectivity index (χ1v) is 5.41. The number of nitrogens with one attached hydrogen (secondary N) is 2. The fraction of sp³-hybridized carbons (Fsp3) is 0.545. The fourth-order valence-corrected chi connectivity index (χ4v) is 1.87. The molecule has 1 unspecified atom stereocenters. The second-order valence-corrected chi connectivity index (χ2v) is 3.91. The third kappa shape index (κ3) is 2.89. The summed E-state index contributed by atoms with van der Waals surface area (Å²) in [7, 11) is 0. The summed E-state index contributed by atoms with van der Waals surface area (Å²) in [6.07, 6.45) is 3.90. The second kappa shape index (κ2) is 5.07. The van der Waals surface area contributed by atoms with Crippen molar-refractivity contribution < 1.29 is 4.39 Å². The molecule has 2 N–H and O–H groups in total. The van der Waals surface area contributed by atoms with Crippen molar-refractivity contribution in [2.24, 2.45) is 5.92 Å². The van der Waals surface area contributed by atoms with Crippen LogP contribution in [0.25, 0.3) is 0 Å². The van der Waals surface area contributed by atoms with Gasteiger partial charge in [-0.15, -0.1) is 0 Å². The van der Waals surface area contributed by atoms with Crippen molar-refractivity contribution in [3.05, 3.63) is 24.1 Å². The van der Waals surface area contributed by atoms with Gasteiger partial charge in [-0.05, 0) is 44.0 Å². The Balaban J connectivity index is 1.75. The van der Waals surface area contributed by atoms with Crippen molar-refractivity contribution in [1.29, 1.82) is 0 Å². The Morgan fingerprint density at radius 3 is 3.27 bits per heavy atom. The zero-order valence-electron chi connectivity index (χ0n) is 8.67. The summed E-state index contributed by atoms with van der Waals surface area (Å²) in [6.45, 7) is 3.00. The van der Waals surface area contributed by atoms with E-state index in [2.05, 4.69) is 15.6 Å². The van der Waals surface area contributed by atoms with E-state index in [1.54, 1.807) is 12.3 Å². The van der Waals surface area contributed by atoms with Gasteiger partial charge in [-0.1, -0.05) is 0 Å². The van der Waals surface area contributed by atoms with Gasteiger partial charge < -0.3 is 10.6 Å². The van der Waals surface area contributed by atoms with E-state index >= 15 is 0 Å². The Morgan fingerprint density at radius 1 is 1.60 bits per heavy atom. The highest BCUT2D eigenvalue weighted by Crippen LogP contribution is 2.13. The van der Waals surface area contributed by atoms with Gasteiger partial charge in [0.15, 0.2) is 11.6 Å². The number of hydrogen-bond acceptors (Lipinski definition) is 3. The van der Waals surface area contributed by atoms with Crippen LogP contribution in [0.1, 0.15) is 12.8 Å². The molecular formula is C11H16FN3. The minimum atomic E-state index is -0.276. The van der Waals surface area contributed by atoms with E-state index in [0.29, 0.717) is 5.82 Å². The average Bonchev–Trinajstić information content (AvgIpc) is 2.74. The lowest BCUT2D eigenvalue weighted by Gasteiger charge is -2.09. The molecule has 2 rings (SSSR count). The van der Waals surface area contributed by atoms with Crippen LogP contribution >= 0.6 is 0 Å². The Hall–Kier alpha value is -1.16. The minimum Gasteiger partial charge on any atom is -0.368 e. The highest BCUT2D eigenvalue weighted by molar-refractivity contribution is 5.35. The summed E-state index contributed by atoms with van der Waals surface area (Å²) in [4.78, 5) is 3.94. The molecule has 1 atom stereocenters. The molecular weight excluding hydrogens is 193 g/mol. The summed E-state index contributed by atoms with van der Waals surface area (Å²) in [5.74, 6) is 0.815. The Morgan fingerprint density at radius 2 is 2.53 bits per heavy atom. The predicted molar refractivity (Wildman–Crippen MR) is 58.3 cm³/mol. The van der Waals surface area contributed by atoms with Gasteiger partial charge >= 0.3 is 0 Å². The molecule has 1 aromatic heterocycles. The van der Waals surface area contributed by atoms with E-state index in [1.807, 2.05) is 0 Å². The largest absolute Gasteiger partial charge is 0.368 e. The third-order valence-corrected chi connectivity index (χ3v) is 2.77. The van der Waals surface area contributed by atoms with E-state index in [-0.39, 0.29) is 5.82 Å². The number of aromatic nitrogens is 1. The smallest absolute Gasteiger partial charge is 0.165 e. The molecule has 1 aliphatic heterocycles. The minimum absolute atomic E-state index is 0.276. The van der Waals surface area contributed by atoms with Crippen LogP contribution in [0.15, 0.2) is 18.3 Å². The zero-order chi connectivity index (χ0) is 10.5. The Kier molecular flexibility index (Phi) is 3.50. The molecule has 1 aromatic rings. The van der Waals surface area contributed by atoms with Gasteiger partial charge in [0.05, 0.1) is 0 Å². The van der Waals surface area contributed by atoms with Gasteiger partial charge in [0, 0.05) is 12.7 Å². The van der Waals surface area contributed by atoms with Crippen molar-refractivity contribution in [1.82, 2.24) is 10.3 Å². The highest BCUT2D eigenvalue weighted by atomic mass is 19.1. The maximum atomic E-state index is 13.2. The van der Waals surface area contributed by atoms with Gasteiger partial charge in [-0.3, -0.25) is 0 Å². The molecule has 0 amide bonds. The first-order chi connectivity index (χ1) is 7.36. The van der Waals surface area contributed by atoms with Gasteiger partial charge in [0.25, 0.3) is 0 Å². The Labute approximate surface area is 89.1 Å². The summed E-state index contributed by atoms with van der Waals surface area (Å²) in [5, 5.41) is 6.34. The van der Waals surface area contributed by atoms with Crippen molar-refractivity contribution in [2.75, 3.05) is 25.0 Å². The predicted octanol–water partition coefficient (Wildman–Crippen LogP) is 1.63. The number of nitrogens with zero attached hydrogens (tertiary/aromatic N) is 1. The van der Waals surface area contributed by atoms with Crippen LogP contribution in [0.4, 0.5) is 10.2 Å². The third-order valence-electron chi connectivity index (χ3n) is 2.77. The zero-order valence-corrected chi connectivity index (χ0v) is 8.67. The number of rotatable bonds is 4. The molecule has 1 saturated heterocycles. The molecule has 0 spiro atoms. The van der Waals surface area contributed by atoms with E-state index in [0.717, 1.165) is 32.0 Å². The quantitative estimate of drug-likeness (QED) is 0.791. The molecule has 15 heavy (non-hydrogen) atoms. The molecule has 1 fully saturated rings. The van der Waals surface area contributed by atoms with Gasteiger partial charge in [-0.25, -0.2) is 9.37 Å². The molecule has 2 heterocycles. The fourth-order valence-electron chi connectivity index (χ4n) is 1.87. The van der Waals surface area contributed by atoms with Crippen LogP contribution in [0.2, 0.25) is 0 Å². The standard InChI is InChI=1S/C11H16FN3/c12-10-2-1-5-14-11(10)15-7-4-9-3-6-13-8-9/h1-2,5,9,13H,3-4,6-8H2,(H,14,15). The molecule has 4 heteroatoms. The lowest BCUT2D eigenvalue weighted by molar-refractivity contribution is 0.546. The monoisotopic (exact) mass is 209 g/mol. The molecule has 0 radical (unpaired) electrons. The first-order valence-electron chi connectivity index (χ1n) is 5.41. The van der Waals surface area contributed by atoms with Crippen molar-refractivity contribution in [3.8, 4) is 0 Å². The second-order valence-electron chi connectivity index (χ2n) is 3.91. The number of hydrogen-bond donors (Lipinski definition) is 2. The van der Waals surface area contributed by atoms with E-state index in [4.69, 9.17) is 0 Å². The molecule has 82 valence electrons. The number of pyridine rings is 1. The van der Waals surface area contributed by atoms with Crippen molar-refractivity contribution in [2.45, 2.75) is 12.8 Å².